The van der Waals surface area contributed by atoms with Crippen LogP contribution < -0.4 is 21.3 Å². The largest absolute Gasteiger partial charge is 0.481 e. The molecule has 0 bridgehead atoms. The summed E-state index contributed by atoms with van der Waals surface area (Å²) in [4.78, 5) is 98.1. The van der Waals surface area contributed by atoms with E-state index in [1.54, 1.807) is 13.8 Å². The Kier molecular flexibility index (Phi) is 15.1. The summed E-state index contributed by atoms with van der Waals surface area (Å²) in [5.41, 5.74) is 1.01. The molecule has 4 amide bonds. The summed E-state index contributed by atoms with van der Waals surface area (Å²) in [5.74, 6) is -8.86. The SMILES string of the molecule is CC(=O)N[C@@H](CC(=O)O)C(=O)N[C@@H](CCC(=O)O)C(=O)N[C@H](C(=O)N[C@@H](CC(=O)O)C(=O)CCCc1cccc2ccccc12)C(C)C. The summed E-state index contributed by atoms with van der Waals surface area (Å²) in [7, 11) is 0. The van der Waals surface area contributed by atoms with Gasteiger partial charge in [0, 0.05) is 19.8 Å². The average molecular weight is 671 g/mol. The number of aliphatic carboxylic acids is 3. The molecule has 0 aliphatic carbocycles. The Morgan fingerprint density at radius 2 is 1.23 bits per heavy atom. The van der Waals surface area contributed by atoms with E-state index < -0.39 is 103 Å². The Hall–Kier alpha value is -5.34. The van der Waals surface area contributed by atoms with Crippen molar-refractivity contribution in [3.05, 3.63) is 48.0 Å². The number of carboxylic acids is 3. The smallest absolute Gasteiger partial charge is 0.305 e. The maximum absolute atomic E-state index is 13.4. The highest BCUT2D eigenvalue weighted by Gasteiger charge is 2.33. The standard InChI is InChI=1S/C33H42N4O11/c1-18(2)30(37-31(46)23(14-15-27(40)41)35-32(47)25(17-29(44)45)34-19(3)38)33(48)36-24(16-28(42)43)26(39)13-7-11-21-10-6-9-20-8-4-5-12-22(20)21/h4-6,8-10,12,18,23-25,30H,7,11,13-17H2,1-3H3,(H,34,38)(H,35,47)(H,36,48)(H,37,46)(H,40,41)(H,42,43)(H,44,45)/t23-,24-,25-,30-/m0/s1. The van der Waals surface area contributed by atoms with Crippen LogP contribution in [-0.2, 0) is 44.8 Å². The first-order valence-corrected chi connectivity index (χ1v) is 15.4. The lowest BCUT2D eigenvalue weighted by Crippen LogP contribution is -2.59. The molecule has 0 aromatic heterocycles. The highest BCUT2D eigenvalue weighted by atomic mass is 16.4. The third kappa shape index (κ3) is 12.8. The van der Waals surface area contributed by atoms with Crippen LogP contribution in [0.3, 0.4) is 0 Å². The molecule has 7 N–H and O–H groups in total. The summed E-state index contributed by atoms with van der Waals surface area (Å²) in [6.07, 6.45) is -1.68. The molecule has 0 radical (unpaired) electrons. The van der Waals surface area contributed by atoms with Gasteiger partial charge >= 0.3 is 17.9 Å². The first-order chi connectivity index (χ1) is 22.6. The summed E-state index contributed by atoms with van der Waals surface area (Å²) < 4.78 is 0. The van der Waals surface area contributed by atoms with Crippen LogP contribution in [0.25, 0.3) is 10.8 Å². The number of Topliss-reactive ketones (excluding diaryl/α,β-unsaturated/α-hetero) is 1. The quantitative estimate of drug-likeness (QED) is 0.105. The summed E-state index contributed by atoms with van der Waals surface area (Å²) >= 11 is 0. The van der Waals surface area contributed by atoms with Crippen molar-refractivity contribution in [2.45, 2.75) is 89.9 Å². The number of aryl methyl sites for hydroxylation is 1. The number of fused-ring (bicyclic) bond motifs is 1. The van der Waals surface area contributed by atoms with Gasteiger partial charge in [0.2, 0.25) is 23.6 Å². The van der Waals surface area contributed by atoms with Crippen LogP contribution in [0.1, 0.15) is 64.9 Å². The lowest BCUT2D eigenvalue weighted by molar-refractivity contribution is -0.142. The number of carboxylic acid groups (broad SMARTS) is 3. The average Bonchev–Trinajstić information content (AvgIpc) is 3.00. The third-order valence-electron chi connectivity index (χ3n) is 7.43. The zero-order chi connectivity index (χ0) is 36.0. The number of benzene rings is 2. The monoisotopic (exact) mass is 670 g/mol. The number of amides is 4. The van der Waals surface area contributed by atoms with Gasteiger partial charge < -0.3 is 36.6 Å². The van der Waals surface area contributed by atoms with Gasteiger partial charge in [0.15, 0.2) is 5.78 Å². The van der Waals surface area contributed by atoms with E-state index in [0.29, 0.717) is 12.8 Å². The number of hydrogen-bond acceptors (Lipinski definition) is 8. The summed E-state index contributed by atoms with van der Waals surface area (Å²) in [6, 6.07) is 7.70. The second kappa shape index (κ2) is 18.7. The topological polar surface area (TPSA) is 245 Å². The fourth-order valence-corrected chi connectivity index (χ4v) is 5.05. The number of carbonyl (C=O) groups excluding carboxylic acids is 5. The molecule has 0 saturated heterocycles. The van der Waals surface area contributed by atoms with Crippen LogP contribution in [0.4, 0.5) is 0 Å². The summed E-state index contributed by atoms with van der Waals surface area (Å²) in [5, 5.41) is 39.0. The first-order valence-electron chi connectivity index (χ1n) is 15.4. The zero-order valence-electron chi connectivity index (χ0n) is 27.0. The third-order valence-corrected chi connectivity index (χ3v) is 7.43. The molecular formula is C33H42N4O11. The summed E-state index contributed by atoms with van der Waals surface area (Å²) in [6.45, 7) is 4.18. The van der Waals surface area contributed by atoms with E-state index >= 15 is 0 Å². The molecule has 0 aliphatic heterocycles. The lowest BCUT2D eigenvalue weighted by Gasteiger charge is -2.27. The molecule has 0 fully saturated rings. The van der Waals surface area contributed by atoms with Crippen molar-refractivity contribution >= 4 is 58.1 Å². The molecule has 0 unspecified atom stereocenters. The van der Waals surface area contributed by atoms with E-state index in [1.807, 2.05) is 42.5 Å². The van der Waals surface area contributed by atoms with E-state index in [-0.39, 0.29) is 6.42 Å². The Morgan fingerprint density at radius 3 is 1.83 bits per heavy atom. The number of hydrogen-bond donors (Lipinski definition) is 7. The number of nitrogens with one attached hydrogen (secondary N) is 4. The highest BCUT2D eigenvalue weighted by molar-refractivity contribution is 5.97. The molecule has 0 spiro atoms. The van der Waals surface area contributed by atoms with E-state index in [2.05, 4.69) is 21.3 Å². The van der Waals surface area contributed by atoms with E-state index in [1.165, 1.54) is 0 Å². The van der Waals surface area contributed by atoms with Crippen LogP contribution in [0, 0.1) is 5.92 Å². The van der Waals surface area contributed by atoms with Crippen molar-refractivity contribution in [3.63, 3.8) is 0 Å². The predicted molar refractivity (Wildman–Crippen MR) is 172 cm³/mol. The van der Waals surface area contributed by atoms with Gasteiger partial charge in [-0.2, -0.15) is 0 Å². The van der Waals surface area contributed by atoms with Crippen LogP contribution >= 0.6 is 0 Å². The lowest BCUT2D eigenvalue weighted by atomic mass is 9.97. The molecule has 0 saturated carbocycles. The number of ketones is 1. The van der Waals surface area contributed by atoms with Gasteiger partial charge in [-0.1, -0.05) is 56.3 Å². The second-order valence-electron chi connectivity index (χ2n) is 11.7. The second-order valence-corrected chi connectivity index (χ2v) is 11.7. The Labute approximate surface area is 276 Å². The van der Waals surface area contributed by atoms with Gasteiger partial charge in [0.25, 0.3) is 0 Å². The molecule has 15 heteroatoms. The predicted octanol–water partition coefficient (Wildman–Crippen LogP) is 1.16. The number of carbonyl (C=O) groups is 8. The van der Waals surface area contributed by atoms with Gasteiger partial charge in [-0.25, -0.2) is 0 Å². The van der Waals surface area contributed by atoms with Crippen LogP contribution in [0.5, 0.6) is 0 Å². The molecule has 0 heterocycles. The fraction of sp³-hybridized carbons (Fsp3) is 0.455. The minimum atomic E-state index is -1.58. The first kappa shape index (κ1) is 38.8. The maximum Gasteiger partial charge on any atom is 0.305 e. The van der Waals surface area contributed by atoms with Gasteiger partial charge in [0.1, 0.15) is 18.1 Å². The van der Waals surface area contributed by atoms with Crippen molar-refractivity contribution in [2.75, 3.05) is 0 Å². The van der Waals surface area contributed by atoms with Crippen LogP contribution in [-0.4, -0.2) is 86.8 Å². The van der Waals surface area contributed by atoms with Crippen molar-refractivity contribution in [2.24, 2.45) is 5.92 Å². The number of rotatable bonds is 20. The molecular weight excluding hydrogens is 628 g/mol. The van der Waals surface area contributed by atoms with Crippen molar-refractivity contribution in [1.82, 2.24) is 21.3 Å². The van der Waals surface area contributed by atoms with Gasteiger partial charge in [-0.05, 0) is 41.5 Å². The highest BCUT2D eigenvalue weighted by Crippen LogP contribution is 2.20. The van der Waals surface area contributed by atoms with Crippen LogP contribution in [0.2, 0.25) is 0 Å². The van der Waals surface area contributed by atoms with Gasteiger partial charge in [-0.3, -0.25) is 38.4 Å². The molecule has 2 rings (SSSR count). The normalized spacial score (nSPS) is 13.4. The Balaban J connectivity index is 2.16. The molecule has 15 nitrogen and oxygen atoms in total. The molecule has 4 atom stereocenters. The molecule has 2 aromatic rings. The maximum atomic E-state index is 13.4. The van der Waals surface area contributed by atoms with Crippen molar-refractivity contribution in [3.8, 4) is 0 Å². The van der Waals surface area contributed by atoms with Crippen molar-refractivity contribution < 1.29 is 53.7 Å². The van der Waals surface area contributed by atoms with E-state index in [9.17, 15) is 43.5 Å². The van der Waals surface area contributed by atoms with Gasteiger partial charge in [0.05, 0.1) is 18.9 Å². The molecule has 2 aromatic carbocycles. The Morgan fingerprint density at radius 1 is 0.646 bits per heavy atom. The van der Waals surface area contributed by atoms with Crippen LogP contribution in [0.15, 0.2) is 42.5 Å². The molecule has 260 valence electrons. The van der Waals surface area contributed by atoms with Crippen molar-refractivity contribution in [1.29, 1.82) is 0 Å². The van der Waals surface area contributed by atoms with E-state index in [0.717, 1.165) is 23.3 Å². The van der Waals surface area contributed by atoms with Gasteiger partial charge in [-0.15, -0.1) is 0 Å². The fourth-order valence-electron chi connectivity index (χ4n) is 5.05. The Bertz CT molecular complexity index is 1500. The van der Waals surface area contributed by atoms with E-state index in [4.69, 9.17) is 10.2 Å². The molecule has 48 heavy (non-hydrogen) atoms. The molecule has 0 aliphatic rings. The minimum absolute atomic E-state index is 0.0325. The minimum Gasteiger partial charge on any atom is -0.481 e. The zero-order valence-corrected chi connectivity index (χ0v) is 27.0.